The van der Waals surface area contributed by atoms with Crippen molar-refractivity contribution in [3.05, 3.63) is 22.7 Å². The van der Waals surface area contributed by atoms with Crippen LogP contribution in [0.5, 0.6) is 11.5 Å². The van der Waals surface area contributed by atoms with E-state index in [0.717, 1.165) is 12.8 Å². The predicted octanol–water partition coefficient (Wildman–Crippen LogP) is 3.73. The van der Waals surface area contributed by atoms with Crippen LogP contribution in [0.2, 0.25) is 5.02 Å². The highest BCUT2D eigenvalue weighted by Gasteiger charge is 2.35. The van der Waals surface area contributed by atoms with Crippen LogP contribution in [0, 0.1) is 5.41 Å². The van der Waals surface area contributed by atoms with Crippen molar-refractivity contribution in [1.29, 1.82) is 0 Å². The summed E-state index contributed by atoms with van der Waals surface area (Å²) in [6.45, 7) is 10.4. The number of benzene rings is 1. The Morgan fingerprint density at radius 2 is 2.08 bits per heavy atom. The average molecular weight is 369 g/mol. The third kappa shape index (κ3) is 4.59. The Balaban J connectivity index is 2.27. The van der Waals surface area contributed by atoms with Crippen LogP contribution in [0.4, 0.5) is 0 Å². The van der Waals surface area contributed by atoms with E-state index in [1.54, 1.807) is 12.1 Å². The molecule has 0 aromatic heterocycles. The lowest BCUT2D eigenvalue weighted by Crippen LogP contribution is -2.54. The summed E-state index contributed by atoms with van der Waals surface area (Å²) in [7, 11) is 0. The van der Waals surface area contributed by atoms with Crippen molar-refractivity contribution in [2.45, 2.75) is 46.6 Å². The first-order valence-corrected chi connectivity index (χ1v) is 9.32. The third-order valence-corrected chi connectivity index (χ3v) is 4.89. The second-order valence-corrected chi connectivity index (χ2v) is 7.58. The van der Waals surface area contributed by atoms with Gasteiger partial charge < -0.3 is 20.1 Å². The number of rotatable bonds is 6. The zero-order valence-electron chi connectivity index (χ0n) is 15.6. The van der Waals surface area contributed by atoms with E-state index in [9.17, 15) is 4.79 Å². The van der Waals surface area contributed by atoms with Gasteiger partial charge in [-0.1, -0.05) is 32.4 Å². The van der Waals surface area contributed by atoms with Crippen LogP contribution in [-0.4, -0.2) is 43.2 Å². The number of likely N-dealkylation sites (tertiary alicyclic amines) is 1. The molecule has 2 rings (SSSR count). The molecule has 0 saturated carbocycles. The van der Waals surface area contributed by atoms with Crippen molar-refractivity contribution < 1.29 is 14.3 Å². The summed E-state index contributed by atoms with van der Waals surface area (Å²) in [5.74, 6) is 0.965. The van der Waals surface area contributed by atoms with Crippen molar-refractivity contribution in [2.24, 2.45) is 11.1 Å². The normalized spacial score (nSPS) is 19.6. The number of carbonyl (C=O) groups excluding carboxylic acids is 1. The van der Waals surface area contributed by atoms with E-state index in [2.05, 4.69) is 13.8 Å². The molecule has 1 aromatic rings. The van der Waals surface area contributed by atoms with Crippen molar-refractivity contribution in [2.75, 3.05) is 26.3 Å². The number of carbonyl (C=O) groups is 1. The van der Waals surface area contributed by atoms with Crippen molar-refractivity contribution >= 4 is 17.5 Å². The van der Waals surface area contributed by atoms with Crippen LogP contribution in [0.25, 0.3) is 0 Å². The molecule has 140 valence electrons. The van der Waals surface area contributed by atoms with Gasteiger partial charge in [0, 0.05) is 24.7 Å². The van der Waals surface area contributed by atoms with Gasteiger partial charge in [0.05, 0.1) is 18.2 Å². The lowest BCUT2D eigenvalue weighted by molar-refractivity contribution is 0.0532. The zero-order valence-corrected chi connectivity index (χ0v) is 16.4. The first-order chi connectivity index (χ1) is 11.8. The van der Waals surface area contributed by atoms with Gasteiger partial charge in [-0.3, -0.25) is 4.79 Å². The van der Waals surface area contributed by atoms with Crippen molar-refractivity contribution in [3.8, 4) is 11.5 Å². The Morgan fingerprint density at radius 1 is 1.36 bits per heavy atom. The van der Waals surface area contributed by atoms with Gasteiger partial charge in [0.1, 0.15) is 0 Å². The van der Waals surface area contributed by atoms with Gasteiger partial charge in [0.25, 0.3) is 5.91 Å². The molecule has 0 bridgehead atoms. The molecule has 1 fully saturated rings. The minimum atomic E-state index is -0.107. The lowest BCUT2D eigenvalue weighted by atomic mass is 9.79. The van der Waals surface area contributed by atoms with Crippen molar-refractivity contribution in [1.82, 2.24) is 4.90 Å². The second-order valence-electron chi connectivity index (χ2n) is 7.18. The summed E-state index contributed by atoms with van der Waals surface area (Å²) in [5, 5.41) is 0.399. The third-order valence-electron chi connectivity index (χ3n) is 4.61. The standard InChI is InChI=1S/C19H29ClN2O3/c1-5-9-25-17-14(20)10-13(11-15(17)24-6-2)18(23)22-8-7-16(21)19(3,4)12-22/h10-11,16H,5-9,12,21H2,1-4H3. The largest absolute Gasteiger partial charge is 0.490 e. The molecular weight excluding hydrogens is 340 g/mol. The summed E-state index contributed by atoms with van der Waals surface area (Å²) in [5.41, 5.74) is 6.58. The minimum absolute atomic E-state index is 0.0510. The van der Waals surface area contributed by atoms with E-state index in [4.69, 9.17) is 26.8 Å². The highest BCUT2D eigenvalue weighted by atomic mass is 35.5. The van der Waals surface area contributed by atoms with E-state index in [0.29, 0.717) is 48.4 Å². The Labute approximate surface area is 155 Å². The fourth-order valence-corrected chi connectivity index (χ4v) is 3.29. The summed E-state index contributed by atoms with van der Waals surface area (Å²) in [6.07, 6.45) is 1.66. The van der Waals surface area contributed by atoms with Gasteiger partial charge in [0.15, 0.2) is 11.5 Å². The molecule has 1 aliphatic rings. The van der Waals surface area contributed by atoms with E-state index in [1.807, 2.05) is 18.7 Å². The van der Waals surface area contributed by atoms with Gasteiger partial charge in [0.2, 0.25) is 0 Å². The van der Waals surface area contributed by atoms with Crippen LogP contribution in [0.15, 0.2) is 12.1 Å². The molecule has 6 heteroatoms. The highest BCUT2D eigenvalue weighted by Crippen LogP contribution is 2.38. The van der Waals surface area contributed by atoms with Crippen LogP contribution < -0.4 is 15.2 Å². The fourth-order valence-electron chi connectivity index (χ4n) is 3.03. The number of hydrogen-bond acceptors (Lipinski definition) is 4. The lowest BCUT2D eigenvalue weighted by Gasteiger charge is -2.42. The van der Waals surface area contributed by atoms with Crippen LogP contribution in [0.3, 0.4) is 0 Å². The minimum Gasteiger partial charge on any atom is -0.490 e. The number of piperidine rings is 1. The summed E-state index contributed by atoms with van der Waals surface area (Å²) in [4.78, 5) is 14.8. The molecule has 5 nitrogen and oxygen atoms in total. The Morgan fingerprint density at radius 3 is 2.68 bits per heavy atom. The summed E-state index contributed by atoms with van der Waals surface area (Å²) in [6, 6.07) is 3.49. The first kappa shape index (κ1) is 19.9. The van der Waals surface area contributed by atoms with E-state index < -0.39 is 0 Å². The number of nitrogens with two attached hydrogens (primary N) is 1. The molecule has 1 atom stereocenters. The van der Waals surface area contributed by atoms with Crippen LogP contribution in [0.1, 0.15) is 50.9 Å². The highest BCUT2D eigenvalue weighted by molar-refractivity contribution is 6.32. The Hall–Kier alpha value is -1.46. The molecule has 1 heterocycles. The van der Waals surface area contributed by atoms with Gasteiger partial charge in [-0.15, -0.1) is 0 Å². The molecule has 1 aromatic carbocycles. The molecule has 1 amide bonds. The monoisotopic (exact) mass is 368 g/mol. The molecule has 0 radical (unpaired) electrons. The molecule has 1 unspecified atom stereocenters. The quantitative estimate of drug-likeness (QED) is 0.830. The van der Waals surface area contributed by atoms with E-state index >= 15 is 0 Å². The maximum absolute atomic E-state index is 13.0. The maximum atomic E-state index is 13.0. The number of amides is 1. The Kier molecular flexibility index (Phi) is 6.58. The van der Waals surface area contributed by atoms with Gasteiger partial charge in [-0.25, -0.2) is 0 Å². The second kappa shape index (κ2) is 8.28. The molecule has 25 heavy (non-hydrogen) atoms. The van der Waals surface area contributed by atoms with E-state index in [1.165, 1.54) is 0 Å². The molecular formula is C19H29ClN2O3. The average Bonchev–Trinajstić information content (AvgIpc) is 2.56. The topological polar surface area (TPSA) is 64.8 Å². The molecule has 1 saturated heterocycles. The first-order valence-electron chi connectivity index (χ1n) is 8.94. The number of halogens is 1. The SMILES string of the molecule is CCCOc1c(Cl)cc(C(=O)N2CCC(N)C(C)(C)C2)cc1OCC. The van der Waals surface area contributed by atoms with E-state index in [-0.39, 0.29) is 17.4 Å². The molecule has 0 aliphatic carbocycles. The van der Waals surface area contributed by atoms with Crippen LogP contribution in [-0.2, 0) is 0 Å². The van der Waals surface area contributed by atoms with Gasteiger partial charge in [-0.05, 0) is 37.3 Å². The van der Waals surface area contributed by atoms with Crippen LogP contribution >= 0.6 is 11.6 Å². The van der Waals surface area contributed by atoms with Crippen molar-refractivity contribution in [3.63, 3.8) is 0 Å². The maximum Gasteiger partial charge on any atom is 0.254 e. The summed E-state index contributed by atoms with van der Waals surface area (Å²) < 4.78 is 11.3. The number of ether oxygens (including phenoxy) is 2. The molecule has 0 spiro atoms. The predicted molar refractivity (Wildman–Crippen MR) is 101 cm³/mol. The molecule has 2 N–H and O–H groups in total. The fraction of sp³-hybridized carbons (Fsp3) is 0.632. The Bertz CT molecular complexity index is 619. The number of nitrogens with zero attached hydrogens (tertiary/aromatic N) is 1. The summed E-state index contributed by atoms with van der Waals surface area (Å²) >= 11 is 6.37. The molecule has 1 aliphatic heterocycles. The number of hydrogen-bond donors (Lipinski definition) is 1. The zero-order chi connectivity index (χ0) is 18.6. The smallest absolute Gasteiger partial charge is 0.254 e. The van der Waals surface area contributed by atoms with Gasteiger partial charge >= 0.3 is 0 Å². The van der Waals surface area contributed by atoms with Gasteiger partial charge in [-0.2, -0.15) is 0 Å².